The maximum absolute atomic E-state index is 13.2. The van der Waals surface area contributed by atoms with Gasteiger partial charge in [0.05, 0.1) is 5.56 Å². The molecule has 1 saturated carbocycles. The van der Waals surface area contributed by atoms with Crippen LogP contribution >= 0.6 is 0 Å². The molecule has 2 aliphatic heterocycles. The number of pyridine rings is 1. The average molecular weight is 410 g/mol. The molecular formula is C24H35N5O. The molecule has 162 valence electrons. The molecule has 4 heterocycles. The number of piperidine rings is 1. The number of amides is 1. The SMILES string of the molecule is CN(C)C1CCN(C(=O)c2ccc3ccc(N4CCN(CC5CC5)CC4)n3c2)CC1. The fraction of sp³-hybridized carbons (Fsp3) is 0.625. The van der Waals surface area contributed by atoms with Crippen LogP contribution in [-0.2, 0) is 0 Å². The van der Waals surface area contributed by atoms with E-state index < -0.39 is 0 Å². The highest BCUT2D eigenvalue weighted by molar-refractivity contribution is 5.94. The lowest BCUT2D eigenvalue weighted by Crippen LogP contribution is -2.47. The minimum atomic E-state index is 0.169. The molecule has 2 aromatic rings. The van der Waals surface area contributed by atoms with E-state index in [0.29, 0.717) is 6.04 Å². The molecule has 0 unspecified atom stereocenters. The Balaban J connectivity index is 1.28. The maximum atomic E-state index is 13.2. The van der Waals surface area contributed by atoms with Crippen molar-refractivity contribution < 1.29 is 4.79 Å². The highest BCUT2D eigenvalue weighted by Crippen LogP contribution is 2.30. The van der Waals surface area contributed by atoms with Crippen molar-refractivity contribution in [3.63, 3.8) is 0 Å². The Labute approximate surface area is 180 Å². The summed E-state index contributed by atoms with van der Waals surface area (Å²) in [5, 5.41) is 0. The van der Waals surface area contributed by atoms with Gasteiger partial charge in [0, 0.05) is 63.6 Å². The van der Waals surface area contributed by atoms with Crippen molar-refractivity contribution in [2.24, 2.45) is 5.92 Å². The second kappa shape index (κ2) is 8.23. The molecule has 6 nitrogen and oxygen atoms in total. The van der Waals surface area contributed by atoms with E-state index in [2.05, 4.69) is 57.6 Å². The molecule has 0 spiro atoms. The van der Waals surface area contributed by atoms with Crippen molar-refractivity contribution in [3.05, 3.63) is 36.0 Å². The topological polar surface area (TPSA) is 34.4 Å². The molecule has 2 saturated heterocycles. The average Bonchev–Trinajstić information content (AvgIpc) is 3.49. The third-order valence-electron chi connectivity index (χ3n) is 7.27. The van der Waals surface area contributed by atoms with Crippen LogP contribution in [0.5, 0.6) is 0 Å². The lowest BCUT2D eigenvalue weighted by atomic mass is 10.0. The van der Waals surface area contributed by atoms with Gasteiger partial charge in [-0.15, -0.1) is 0 Å². The van der Waals surface area contributed by atoms with Crippen LogP contribution in [-0.4, -0.2) is 91.0 Å². The first kappa shape index (κ1) is 19.9. The number of carbonyl (C=O) groups is 1. The van der Waals surface area contributed by atoms with E-state index in [1.54, 1.807) is 0 Å². The molecule has 30 heavy (non-hydrogen) atoms. The van der Waals surface area contributed by atoms with Crippen LogP contribution in [0.25, 0.3) is 5.52 Å². The largest absolute Gasteiger partial charge is 0.355 e. The smallest absolute Gasteiger partial charge is 0.255 e. The van der Waals surface area contributed by atoms with E-state index in [-0.39, 0.29) is 5.91 Å². The van der Waals surface area contributed by atoms with Crippen LogP contribution in [0, 0.1) is 5.92 Å². The van der Waals surface area contributed by atoms with E-state index in [0.717, 1.165) is 69.1 Å². The summed E-state index contributed by atoms with van der Waals surface area (Å²) in [5.41, 5.74) is 1.96. The summed E-state index contributed by atoms with van der Waals surface area (Å²) in [4.78, 5) is 22.6. The first-order valence-electron chi connectivity index (χ1n) is 11.6. The molecule has 0 N–H and O–H groups in total. The van der Waals surface area contributed by atoms with Crippen LogP contribution in [0.3, 0.4) is 0 Å². The van der Waals surface area contributed by atoms with E-state index in [1.165, 1.54) is 25.2 Å². The number of carbonyl (C=O) groups excluding carboxylic acids is 1. The van der Waals surface area contributed by atoms with Gasteiger partial charge in [-0.25, -0.2) is 0 Å². The third kappa shape index (κ3) is 4.08. The Kier molecular flexibility index (Phi) is 5.46. The van der Waals surface area contributed by atoms with Gasteiger partial charge in [0.1, 0.15) is 5.82 Å². The highest BCUT2D eigenvalue weighted by atomic mass is 16.2. The second-order valence-electron chi connectivity index (χ2n) is 9.62. The van der Waals surface area contributed by atoms with E-state index in [9.17, 15) is 4.79 Å². The summed E-state index contributed by atoms with van der Waals surface area (Å²) in [5.74, 6) is 2.35. The standard InChI is InChI=1S/C24H35N5O/c1-25(2)21-9-11-28(12-10-21)24(30)20-5-6-22-7-8-23(29(22)18-20)27-15-13-26(14-16-27)17-19-3-4-19/h5-8,18-19,21H,3-4,9-17H2,1-2H3. The molecule has 6 heteroatoms. The Morgan fingerprint density at radius 1 is 0.933 bits per heavy atom. The minimum Gasteiger partial charge on any atom is -0.355 e. The quantitative estimate of drug-likeness (QED) is 0.760. The van der Waals surface area contributed by atoms with Gasteiger partial charge in [-0.3, -0.25) is 9.69 Å². The summed E-state index contributed by atoms with van der Waals surface area (Å²) in [6.45, 7) is 7.39. The van der Waals surface area contributed by atoms with Crippen molar-refractivity contribution in [3.8, 4) is 0 Å². The summed E-state index contributed by atoms with van der Waals surface area (Å²) in [7, 11) is 4.27. The molecule has 0 atom stereocenters. The van der Waals surface area contributed by atoms with Gasteiger partial charge in [0.15, 0.2) is 0 Å². The highest BCUT2D eigenvalue weighted by Gasteiger charge is 2.28. The molecule has 3 fully saturated rings. The van der Waals surface area contributed by atoms with Crippen molar-refractivity contribution in [2.45, 2.75) is 31.7 Å². The fourth-order valence-electron chi connectivity index (χ4n) is 5.06. The normalized spacial score (nSPS) is 21.7. The summed E-state index contributed by atoms with van der Waals surface area (Å²) >= 11 is 0. The van der Waals surface area contributed by atoms with E-state index in [1.807, 2.05) is 11.0 Å². The molecule has 5 rings (SSSR count). The van der Waals surface area contributed by atoms with Crippen LogP contribution < -0.4 is 4.90 Å². The fourth-order valence-corrected chi connectivity index (χ4v) is 5.06. The van der Waals surface area contributed by atoms with Crippen molar-refractivity contribution >= 4 is 17.2 Å². The lowest BCUT2D eigenvalue weighted by molar-refractivity contribution is 0.0663. The van der Waals surface area contributed by atoms with Gasteiger partial charge in [-0.05, 0) is 70.0 Å². The maximum Gasteiger partial charge on any atom is 0.255 e. The zero-order valence-corrected chi connectivity index (χ0v) is 18.5. The zero-order chi connectivity index (χ0) is 20.7. The number of hydrogen-bond acceptors (Lipinski definition) is 4. The van der Waals surface area contributed by atoms with Crippen molar-refractivity contribution in [2.75, 3.05) is 64.8 Å². The zero-order valence-electron chi connectivity index (χ0n) is 18.5. The molecule has 0 aromatic carbocycles. The van der Waals surface area contributed by atoms with Gasteiger partial charge in [-0.2, -0.15) is 0 Å². The lowest BCUT2D eigenvalue weighted by Gasteiger charge is -2.36. The monoisotopic (exact) mass is 409 g/mol. The summed E-state index contributed by atoms with van der Waals surface area (Å²) in [6, 6.07) is 9.05. The Bertz CT molecular complexity index is 886. The van der Waals surface area contributed by atoms with Gasteiger partial charge in [0.25, 0.3) is 5.91 Å². The van der Waals surface area contributed by atoms with Crippen LogP contribution in [0.4, 0.5) is 5.82 Å². The molecular weight excluding hydrogens is 374 g/mol. The number of hydrogen-bond donors (Lipinski definition) is 0. The van der Waals surface area contributed by atoms with Gasteiger partial charge >= 0.3 is 0 Å². The number of likely N-dealkylation sites (tertiary alicyclic amines) is 1. The van der Waals surface area contributed by atoms with Crippen LogP contribution in [0.15, 0.2) is 30.5 Å². The third-order valence-corrected chi connectivity index (χ3v) is 7.27. The molecule has 1 aliphatic carbocycles. The predicted molar refractivity (Wildman–Crippen MR) is 121 cm³/mol. The second-order valence-corrected chi connectivity index (χ2v) is 9.62. The van der Waals surface area contributed by atoms with Crippen LogP contribution in [0.1, 0.15) is 36.0 Å². The number of piperazine rings is 1. The van der Waals surface area contributed by atoms with Gasteiger partial charge < -0.3 is 19.1 Å². The predicted octanol–water partition coefficient (Wildman–Crippen LogP) is 2.64. The van der Waals surface area contributed by atoms with E-state index >= 15 is 0 Å². The molecule has 0 radical (unpaired) electrons. The van der Waals surface area contributed by atoms with Crippen molar-refractivity contribution in [1.29, 1.82) is 0 Å². The number of fused-ring (bicyclic) bond motifs is 1. The van der Waals surface area contributed by atoms with Crippen molar-refractivity contribution in [1.82, 2.24) is 19.1 Å². The summed E-state index contributed by atoms with van der Waals surface area (Å²) in [6.07, 6.45) is 7.02. The van der Waals surface area contributed by atoms with Gasteiger partial charge in [0.2, 0.25) is 0 Å². The summed E-state index contributed by atoms with van der Waals surface area (Å²) < 4.78 is 2.22. The molecule has 3 aliphatic rings. The minimum absolute atomic E-state index is 0.169. The molecule has 0 bridgehead atoms. The van der Waals surface area contributed by atoms with Gasteiger partial charge in [-0.1, -0.05) is 0 Å². The first-order chi connectivity index (χ1) is 14.6. The Morgan fingerprint density at radius 2 is 1.63 bits per heavy atom. The molecule has 2 aromatic heterocycles. The Hall–Kier alpha value is -2.05. The first-order valence-corrected chi connectivity index (χ1v) is 11.6. The number of aromatic nitrogens is 1. The number of rotatable bonds is 5. The number of anilines is 1. The Morgan fingerprint density at radius 3 is 2.30 bits per heavy atom. The van der Waals surface area contributed by atoms with E-state index in [4.69, 9.17) is 0 Å². The molecule has 1 amide bonds. The number of nitrogens with zero attached hydrogens (tertiary/aromatic N) is 5. The van der Waals surface area contributed by atoms with Crippen LogP contribution in [0.2, 0.25) is 0 Å².